The van der Waals surface area contributed by atoms with Crippen molar-refractivity contribution in [2.24, 2.45) is 0 Å². The van der Waals surface area contributed by atoms with Gasteiger partial charge < -0.3 is 5.32 Å². The summed E-state index contributed by atoms with van der Waals surface area (Å²) >= 11 is 0. The van der Waals surface area contributed by atoms with Crippen LogP contribution >= 0.6 is 0 Å². The summed E-state index contributed by atoms with van der Waals surface area (Å²) in [5.74, 6) is 0.837. The Hall–Kier alpha value is -3.65. The average molecular weight is 410 g/mol. The quantitative estimate of drug-likeness (QED) is 0.480. The van der Waals surface area contributed by atoms with Crippen LogP contribution in [-0.4, -0.2) is 47.7 Å². The first-order chi connectivity index (χ1) is 15.3. The second-order valence-electron chi connectivity index (χ2n) is 8.01. The van der Waals surface area contributed by atoms with Gasteiger partial charge in [0.1, 0.15) is 0 Å². The average Bonchev–Trinajstić information content (AvgIpc) is 3.39. The maximum absolute atomic E-state index is 4.66. The standard InChI is InChI=1S/C23H22N8/c1-2-19-4-6-22-27-28-23(31(22)29-19)8-15-3-5-21-16(7-15)9-17(10-25-21)18-11-26-30(14-18)20-12-24-13-20/h3-7,9-11,14,20,24H,2,8,12-13H2,1H3. The van der Waals surface area contributed by atoms with Gasteiger partial charge in [0.2, 0.25) is 0 Å². The molecule has 0 spiro atoms. The molecule has 0 aliphatic carbocycles. The van der Waals surface area contributed by atoms with Crippen LogP contribution in [0.3, 0.4) is 0 Å². The third-order valence-corrected chi connectivity index (χ3v) is 5.92. The molecular formula is C23H22N8. The van der Waals surface area contributed by atoms with Crippen molar-refractivity contribution in [2.45, 2.75) is 25.8 Å². The maximum atomic E-state index is 4.66. The smallest absolute Gasteiger partial charge is 0.177 e. The minimum Gasteiger partial charge on any atom is -0.312 e. The van der Waals surface area contributed by atoms with Gasteiger partial charge in [-0.2, -0.15) is 14.7 Å². The lowest BCUT2D eigenvalue weighted by atomic mass is 10.0. The zero-order chi connectivity index (χ0) is 20.8. The molecular weight excluding hydrogens is 388 g/mol. The lowest BCUT2D eigenvalue weighted by Gasteiger charge is -2.27. The number of rotatable bonds is 5. The summed E-state index contributed by atoms with van der Waals surface area (Å²) < 4.78 is 3.89. The highest BCUT2D eigenvalue weighted by Crippen LogP contribution is 2.25. The van der Waals surface area contributed by atoms with Crippen molar-refractivity contribution in [1.82, 2.24) is 39.9 Å². The highest BCUT2D eigenvalue weighted by Gasteiger charge is 2.19. The summed E-state index contributed by atoms with van der Waals surface area (Å²) in [6.45, 7) is 4.05. The van der Waals surface area contributed by atoms with Gasteiger partial charge >= 0.3 is 0 Å². The van der Waals surface area contributed by atoms with Gasteiger partial charge in [0.05, 0.1) is 23.4 Å². The molecule has 31 heavy (non-hydrogen) atoms. The summed E-state index contributed by atoms with van der Waals surface area (Å²) in [4.78, 5) is 4.66. The SMILES string of the molecule is CCc1ccc2nnc(Cc3ccc4ncc(-c5cnn(C6CNC6)c5)cc4c3)n2n1. The van der Waals surface area contributed by atoms with Crippen LogP contribution in [0.4, 0.5) is 0 Å². The van der Waals surface area contributed by atoms with E-state index in [-0.39, 0.29) is 0 Å². The van der Waals surface area contributed by atoms with E-state index in [0.29, 0.717) is 12.5 Å². The number of aromatic nitrogens is 7. The minimum atomic E-state index is 0.452. The fraction of sp³-hybridized carbons (Fsp3) is 0.261. The number of hydrogen-bond acceptors (Lipinski definition) is 6. The summed E-state index contributed by atoms with van der Waals surface area (Å²) in [5.41, 5.74) is 6.09. The Morgan fingerprint density at radius 1 is 1.03 bits per heavy atom. The van der Waals surface area contributed by atoms with E-state index >= 15 is 0 Å². The zero-order valence-electron chi connectivity index (χ0n) is 17.2. The fourth-order valence-electron chi connectivity index (χ4n) is 3.95. The molecule has 1 saturated heterocycles. The molecule has 6 rings (SSSR count). The first-order valence-corrected chi connectivity index (χ1v) is 10.6. The number of nitrogens with zero attached hydrogens (tertiary/aromatic N) is 7. The van der Waals surface area contributed by atoms with Crippen molar-refractivity contribution in [3.8, 4) is 11.1 Å². The van der Waals surface area contributed by atoms with Crippen LogP contribution < -0.4 is 5.32 Å². The third kappa shape index (κ3) is 3.25. The molecule has 1 aliphatic heterocycles. The van der Waals surface area contributed by atoms with E-state index in [0.717, 1.165) is 64.3 Å². The van der Waals surface area contributed by atoms with E-state index in [2.05, 4.69) is 68.1 Å². The molecule has 0 saturated carbocycles. The van der Waals surface area contributed by atoms with Crippen molar-refractivity contribution in [1.29, 1.82) is 0 Å². The van der Waals surface area contributed by atoms with Crippen molar-refractivity contribution in [3.05, 3.63) is 72.1 Å². The maximum Gasteiger partial charge on any atom is 0.177 e. The predicted octanol–water partition coefficient (Wildman–Crippen LogP) is 2.83. The Labute approximate surface area is 179 Å². The highest BCUT2D eigenvalue weighted by atomic mass is 15.4. The van der Waals surface area contributed by atoms with E-state index < -0.39 is 0 Å². The van der Waals surface area contributed by atoms with Crippen molar-refractivity contribution < 1.29 is 0 Å². The highest BCUT2D eigenvalue weighted by molar-refractivity contribution is 5.84. The van der Waals surface area contributed by atoms with Crippen LogP contribution in [0.1, 0.15) is 30.0 Å². The van der Waals surface area contributed by atoms with Gasteiger partial charge in [0, 0.05) is 48.4 Å². The molecule has 0 bridgehead atoms. The Balaban J connectivity index is 1.32. The Morgan fingerprint density at radius 3 is 2.81 bits per heavy atom. The van der Waals surface area contributed by atoms with Crippen molar-refractivity contribution in [2.75, 3.05) is 13.1 Å². The zero-order valence-corrected chi connectivity index (χ0v) is 17.2. The van der Waals surface area contributed by atoms with E-state index in [9.17, 15) is 0 Å². The number of fused-ring (bicyclic) bond motifs is 2. The van der Waals surface area contributed by atoms with Gasteiger partial charge in [-0.05, 0) is 42.3 Å². The van der Waals surface area contributed by atoms with Gasteiger partial charge in [0.15, 0.2) is 11.5 Å². The fourth-order valence-corrected chi connectivity index (χ4v) is 3.95. The molecule has 154 valence electrons. The van der Waals surface area contributed by atoms with Crippen molar-refractivity contribution >= 4 is 16.6 Å². The van der Waals surface area contributed by atoms with Gasteiger partial charge in [-0.15, -0.1) is 10.2 Å². The number of aryl methyl sites for hydroxylation is 1. The summed E-state index contributed by atoms with van der Waals surface area (Å²) in [7, 11) is 0. The van der Waals surface area contributed by atoms with Crippen LogP contribution in [-0.2, 0) is 12.8 Å². The molecule has 5 heterocycles. The number of hydrogen-bond donors (Lipinski definition) is 1. The van der Waals surface area contributed by atoms with Crippen molar-refractivity contribution in [3.63, 3.8) is 0 Å². The molecule has 1 aromatic carbocycles. The largest absolute Gasteiger partial charge is 0.312 e. The normalized spacial score (nSPS) is 14.4. The molecule has 5 aromatic rings. The molecule has 8 heteroatoms. The molecule has 8 nitrogen and oxygen atoms in total. The Kier molecular flexibility index (Phi) is 4.24. The lowest BCUT2D eigenvalue weighted by molar-refractivity contribution is 0.318. The summed E-state index contributed by atoms with van der Waals surface area (Å²) in [5, 5.41) is 22.2. The first kappa shape index (κ1) is 18.1. The van der Waals surface area contributed by atoms with Gasteiger partial charge in [-0.25, -0.2) is 0 Å². The van der Waals surface area contributed by atoms with Crippen LogP contribution in [0.2, 0.25) is 0 Å². The van der Waals surface area contributed by atoms with E-state index in [1.807, 2.05) is 33.7 Å². The van der Waals surface area contributed by atoms with Crippen LogP contribution in [0.5, 0.6) is 0 Å². The molecule has 0 atom stereocenters. The number of nitrogens with one attached hydrogen (secondary N) is 1. The lowest BCUT2D eigenvalue weighted by Crippen LogP contribution is -2.43. The van der Waals surface area contributed by atoms with Gasteiger partial charge in [-0.3, -0.25) is 9.67 Å². The number of benzene rings is 1. The Bertz CT molecular complexity index is 1400. The molecule has 1 aliphatic rings. The second kappa shape index (κ2) is 7.24. The number of pyridine rings is 1. The summed E-state index contributed by atoms with van der Waals surface area (Å²) in [6.07, 6.45) is 7.49. The monoisotopic (exact) mass is 410 g/mol. The molecule has 0 amide bonds. The van der Waals surface area contributed by atoms with E-state index in [1.54, 1.807) is 0 Å². The molecule has 1 N–H and O–H groups in total. The van der Waals surface area contributed by atoms with E-state index in [4.69, 9.17) is 0 Å². The van der Waals surface area contributed by atoms with Crippen LogP contribution in [0.15, 0.2) is 55.0 Å². The topological polar surface area (TPSA) is 85.8 Å². The second-order valence-corrected chi connectivity index (χ2v) is 8.01. The van der Waals surface area contributed by atoms with Crippen LogP contribution in [0.25, 0.3) is 27.7 Å². The van der Waals surface area contributed by atoms with Crippen LogP contribution in [0, 0.1) is 0 Å². The third-order valence-electron chi connectivity index (χ3n) is 5.92. The van der Waals surface area contributed by atoms with Gasteiger partial charge in [-0.1, -0.05) is 13.0 Å². The first-order valence-electron chi connectivity index (χ1n) is 10.6. The van der Waals surface area contributed by atoms with Gasteiger partial charge in [0.25, 0.3) is 0 Å². The molecule has 1 fully saturated rings. The molecule has 0 radical (unpaired) electrons. The predicted molar refractivity (Wildman–Crippen MR) is 118 cm³/mol. The Morgan fingerprint density at radius 2 is 1.97 bits per heavy atom. The molecule has 4 aromatic heterocycles. The minimum absolute atomic E-state index is 0.452. The van der Waals surface area contributed by atoms with E-state index in [1.165, 1.54) is 0 Å². The summed E-state index contributed by atoms with van der Waals surface area (Å²) in [6, 6.07) is 12.9. The molecule has 0 unspecified atom stereocenters.